The van der Waals surface area contributed by atoms with E-state index >= 15 is 0 Å². The molecule has 1 aliphatic carbocycles. The maximum absolute atomic E-state index is 12.1. The van der Waals surface area contributed by atoms with E-state index in [2.05, 4.69) is 0 Å². The molecule has 0 amide bonds. The van der Waals surface area contributed by atoms with E-state index in [1.807, 2.05) is 0 Å². The average Bonchev–Trinajstić information content (AvgIpc) is 3.01. The Labute approximate surface area is 106 Å². The van der Waals surface area contributed by atoms with Crippen LogP contribution in [0.3, 0.4) is 0 Å². The minimum absolute atomic E-state index is 0.285. The van der Waals surface area contributed by atoms with Crippen LogP contribution in [0, 0.1) is 11.3 Å². The van der Waals surface area contributed by atoms with Gasteiger partial charge in [0.25, 0.3) is 0 Å². The smallest absolute Gasteiger partial charge is 0.323 e. The van der Waals surface area contributed by atoms with Crippen LogP contribution >= 0.6 is 0 Å². The fourth-order valence-corrected chi connectivity index (χ4v) is 4.19. The summed E-state index contributed by atoms with van der Waals surface area (Å²) in [6.45, 7) is 0. The molecule has 2 saturated heterocycles. The lowest BCUT2D eigenvalue weighted by molar-refractivity contribution is -0.170. The number of fused-ring (bicyclic) bond motifs is 1. The van der Waals surface area contributed by atoms with Gasteiger partial charge in [0.1, 0.15) is 0 Å². The molecule has 2 bridgehead atoms. The fraction of sp³-hybridized carbons (Fsp3) is 0.846. The number of methoxy groups -OCH3 is 2. The summed E-state index contributed by atoms with van der Waals surface area (Å²) >= 11 is 0. The highest BCUT2D eigenvalue weighted by Crippen LogP contribution is 2.62. The van der Waals surface area contributed by atoms with E-state index in [1.54, 1.807) is 0 Å². The van der Waals surface area contributed by atoms with Crippen LogP contribution in [0.25, 0.3) is 0 Å². The highest BCUT2D eigenvalue weighted by molar-refractivity contribution is 6.00. The fourth-order valence-electron chi connectivity index (χ4n) is 4.19. The Morgan fingerprint density at radius 2 is 1.89 bits per heavy atom. The second-order valence-corrected chi connectivity index (χ2v) is 5.72. The maximum Gasteiger partial charge on any atom is 0.323 e. The molecule has 3 aliphatic rings. The molecule has 2 heterocycles. The number of hydrogen-bond donors (Lipinski definition) is 0. The Morgan fingerprint density at radius 3 is 2.39 bits per heavy atom. The zero-order valence-corrected chi connectivity index (χ0v) is 10.7. The van der Waals surface area contributed by atoms with Crippen molar-refractivity contribution in [1.29, 1.82) is 0 Å². The highest BCUT2D eigenvalue weighted by atomic mass is 16.6. The van der Waals surface area contributed by atoms with Gasteiger partial charge in [-0.25, -0.2) is 0 Å². The van der Waals surface area contributed by atoms with E-state index in [1.165, 1.54) is 14.2 Å². The Balaban J connectivity index is 1.94. The molecule has 0 aromatic heterocycles. The molecule has 0 unspecified atom stereocenters. The van der Waals surface area contributed by atoms with E-state index in [0.29, 0.717) is 18.9 Å². The molecule has 5 nitrogen and oxygen atoms in total. The van der Waals surface area contributed by atoms with E-state index in [0.717, 1.165) is 19.3 Å². The van der Waals surface area contributed by atoms with Crippen molar-refractivity contribution in [3.05, 3.63) is 0 Å². The second-order valence-electron chi connectivity index (χ2n) is 5.72. The molecule has 3 fully saturated rings. The molecule has 0 aromatic rings. The lowest BCUT2D eigenvalue weighted by Crippen LogP contribution is -2.41. The van der Waals surface area contributed by atoms with Gasteiger partial charge in [-0.1, -0.05) is 0 Å². The molecule has 0 aromatic carbocycles. The topological polar surface area (TPSA) is 61.8 Å². The van der Waals surface area contributed by atoms with E-state index in [-0.39, 0.29) is 11.5 Å². The van der Waals surface area contributed by atoms with Crippen LogP contribution in [0.2, 0.25) is 0 Å². The van der Waals surface area contributed by atoms with Crippen molar-refractivity contribution < 1.29 is 23.8 Å². The van der Waals surface area contributed by atoms with Crippen molar-refractivity contribution in [2.45, 2.75) is 43.8 Å². The van der Waals surface area contributed by atoms with Crippen molar-refractivity contribution in [3.63, 3.8) is 0 Å². The Hall–Kier alpha value is -1.10. The number of rotatable bonds is 2. The van der Waals surface area contributed by atoms with Crippen LogP contribution in [0.4, 0.5) is 0 Å². The quantitative estimate of drug-likeness (QED) is 0.544. The molecule has 5 heteroatoms. The lowest BCUT2D eigenvalue weighted by Gasteiger charge is -2.27. The van der Waals surface area contributed by atoms with E-state index in [4.69, 9.17) is 14.2 Å². The van der Waals surface area contributed by atoms with Gasteiger partial charge in [0.05, 0.1) is 25.9 Å². The summed E-state index contributed by atoms with van der Waals surface area (Å²) in [4.78, 5) is 24.1. The summed E-state index contributed by atoms with van der Waals surface area (Å²) in [6, 6.07) is 0. The van der Waals surface area contributed by atoms with Crippen molar-refractivity contribution in [2.24, 2.45) is 11.3 Å². The molecule has 3 atom stereocenters. The van der Waals surface area contributed by atoms with Crippen molar-refractivity contribution in [2.75, 3.05) is 14.2 Å². The van der Waals surface area contributed by atoms with Crippen LogP contribution in [-0.4, -0.2) is 37.9 Å². The lowest BCUT2D eigenvalue weighted by atomic mass is 9.81. The Bertz CT molecular complexity index is 388. The van der Waals surface area contributed by atoms with Gasteiger partial charge >= 0.3 is 11.9 Å². The van der Waals surface area contributed by atoms with Crippen molar-refractivity contribution >= 4 is 11.9 Å². The van der Waals surface area contributed by atoms with Gasteiger partial charge in [-0.2, -0.15) is 0 Å². The minimum Gasteiger partial charge on any atom is -0.468 e. The first-order valence-corrected chi connectivity index (χ1v) is 6.41. The molecule has 0 radical (unpaired) electrons. The molecule has 18 heavy (non-hydrogen) atoms. The van der Waals surface area contributed by atoms with Crippen LogP contribution in [0.15, 0.2) is 0 Å². The predicted octanol–water partition coefficient (Wildman–Crippen LogP) is 1.05. The molecule has 100 valence electrons. The van der Waals surface area contributed by atoms with Crippen molar-refractivity contribution in [1.82, 2.24) is 0 Å². The SMILES string of the molecule is COC(=O)C1(C(=O)OC)C[C@@H]2C[C@H]3CC[C@]2(C1)O3. The third-order valence-electron chi connectivity index (χ3n) is 4.93. The van der Waals surface area contributed by atoms with Crippen LogP contribution in [0.1, 0.15) is 32.1 Å². The predicted molar refractivity (Wildman–Crippen MR) is 60.6 cm³/mol. The maximum atomic E-state index is 12.1. The molecule has 2 aliphatic heterocycles. The van der Waals surface area contributed by atoms with Gasteiger partial charge in [0.15, 0.2) is 5.41 Å². The van der Waals surface area contributed by atoms with E-state index < -0.39 is 17.4 Å². The van der Waals surface area contributed by atoms with Gasteiger partial charge in [0.2, 0.25) is 0 Å². The Kier molecular flexibility index (Phi) is 2.46. The standard InChI is InChI=1S/C13H18O5/c1-16-10(14)12(11(15)17-2)6-8-5-9-3-4-13(8,7-12)18-9/h8-9H,3-7H2,1-2H3/t8-,9+,13+/m0/s1. The molecule has 1 spiro atoms. The highest BCUT2D eigenvalue weighted by Gasteiger charge is 2.68. The summed E-state index contributed by atoms with van der Waals surface area (Å²) < 4.78 is 15.7. The number of ether oxygens (including phenoxy) is 3. The number of carbonyl (C=O) groups is 2. The Morgan fingerprint density at radius 1 is 1.22 bits per heavy atom. The summed E-state index contributed by atoms with van der Waals surface area (Å²) in [5.41, 5.74) is -1.43. The molecular formula is C13H18O5. The van der Waals surface area contributed by atoms with Gasteiger partial charge in [-0.15, -0.1) is 0 Å². The monoisotopic (exact) mass is 254 g/mol. The van der Waals surface area contributed by atoms with Gasteiger partial charge in [-0.3, -0.25) is 9.59 Å². The second kappa shape index (κ2) is 3.70. The molecule has 0 N–H and O–H groups in total. The number of esters is 2. The van der Waals surface area contributed by atoms with Crippen LogP contribution in [0.5, 0.6) is 0 Å². The first kappa shape index (κ1) is 12.0. The van der Waals surface area contributed by atoms with Gasteiger partial charge in [0, 0.05) is 6.42 Å². The first-order valence-electron chi connectivity index (χ1n) is 6.41. The zero-order valence-electron chi connectivity index (χ0n) is 10.7. The summed E-state index contributed by atoms with van der Waals surface area (Å²) in [5.74, 6) is -0.676. The largest absolute Gasteiger partial charge is 0.468 e. The third kappa shape index (κ3) is 1.31. The summed E-state index contributed by atoms with van der Waals surface area (Å²) in [6.07, 6.45) is 4.18. The number of hydrogen-bond acceptors (Lipinski definition) is 5. The first-order chi connectivity index (χ1) is 8.56. The van der Waals surface area contributed by atoms with Crippen LogP contribution in [-0.2, 0) is 23.8 Å². The van der Waals surface area contributed by atoms with Gasteiger partial charge < -0.3 is 14.2 Å². The van der Waals surface area contributed by atoms with Crippen LogP contribution < -0.4 is 0 Å². The summed E-state index contributed by atoms with van der Waals surface area (Å²) in [5, 5.41) is 0. The average molecular weight is 254 g/mol. The van der Waals surface area contributed by atoms with Crippen molar-refractivity contribution in [3.8, 4) is 0 Å². The number of carbonyl (C=O) groups excluding carboxylic acids is 2. The minimum atomic E-state index is -1.15. The molecular weight excluding hydrogens is 236 g/mol. The third-order valence-corrected chi connectivity index (χ3v) is 4.93. The summed E-state index contributed by atoms with van der Waals surface area (Å²) in [7, 11) is 2.63. The normalized spacial score (nSPS) is 39.4. The molecule has 3 rings (SSSR count). The zero-order chi connectivity index (χ0) is 13.0. The van der Waals surface area contributed by atoms with Gasteiger partial charge in [-0.05, 0) is 31.6 Å². The van der Waals surface area contributed by atoms with E-state index in [9.17, 15) is 9.59 Å². The molecule has 1 saturated carbocycles.